The van der Waals surface area contributed by atoms with E-state index in [0.717, 1.165) is 16.7 Å². The fourth-order valence-electron chi connectivity index (χ4n) is 4.74. The van der Waals surface area contributed by atoms with Gasteiger partial charge >= 0.3 is 5.97 Å². The maximum absolute atomic E-state index is 13.8. The van der Waals surface area contributed by atoms with Gasteiger partial charge in [-0.15, -0.1) is 11.8 Å². The zero-order valence-electron chi connectivity index (χ0n) is 20.9. The van der Waals surface area contributed by atoms with E-state index in [1.54, 1.807) is 0 Å². The third-order valence-electron chi connectivity index (χ3n) is 6.67. The van der Waals surface area contributed by atoms with Gasteiger partial charge in [0.2, 0.25) is 11.8 Å². The first-order valence-electron chi connectivity index (χ1n) is 12.4. The summed E-state index contributed by atoms with van der Waals surface area (Å²) in [5.74, 6) is -1.09. The SMILES string of the molecule is C=C(C)C1=CS[C@@H]2[C@H](NC(=O)Cc3ccccc3)C(=O)N2C1C(=O)OC(c1ccccc1)c1ccccc1. The topological polar surface area (TPSA) is 75.7 Å². The van der Waals surface area contributed by atoms with Crippen LogP contribution in [-0.2, 0) is 25.5 Å². The number of hydrogen-bond donors (Lipinski definition) is 1. The van der Waals surface area contributed by atoms with Crippen molar-refractivity contribution in [1.29, 1.82) is 0 Å². The van der Waals surface area contributed by atoms with Crippen LogP contribution >= 0.6 is 11.8 Å². The van der Waals surface area contributed by atoms with Crippen LogP contribution in [0.25, 0.3) is 0 Å². The zero-order valence-corrected chi connectivity index (χ0v) is 21.8. The quantitative estimate of drug-likeness (QED) is 0.339. The van der Waals surface area contributed by atoms with Gasteiger partial charge in [-0.05, 0) is 34.6 Å². The molecular weight excluding hydrogens is 496 g/mol. The van der Waals surface area contributed by atoms with Gasteiger partial charge in [-0.3, -0.25) is 9.59 Å². The number of thioether (sulfide) groups is 1. The van der Waals surface area contributed by atoms with E-state index in [0.29, 0.717) is 11.1 Å². The lowest BCUT2D eigenvalue weighted by molar-refractivity contribution is -0.165. The Morgan fingerprint density at radius 3 is 2.05 bits per heavy atom. The molecule has 192 valence electrons. The summed E-state index contributed by atoms with van der Waals surface area (Å²) in [6.07, 6.45) is -0.460. The highest BCUT2D eigenvalue weighted by atomic mass is 32.2. The van der Waals surface area contributed by atoms with E-state index < -0.39 is 29.5 Å². The smallest absolute Gasteiger partial charge is 0.334 e. The largest absolute Gasteiger partial charge is 0.451 e. The molecule has 2 amide bonds. The number of amides is 2. The minimum absolute atomic E-state index is 0.177. The van der Waals surface area contributed by atoms with Gasteiger partial charge in [-0.25, -0.2) is 4.79 Å². The van der Waals surface area contributed by atoms with Crippen LogP contribution in [-0.4, -0.2) is 40.1 Å². The number of ether oxygens (including phenoxy) is 1. The lowest BCUT2D eigenvalue weighted by Crippen LogP contribution is -2.74. The number of carbonyl (C=O) groups excluding carboxylic acids is 3. The molecule has 3 aromatic rings. The minimum Gasteiger partial charge on any atom is -0.451 e. The van der Waals surface area contributed by atoms with Crippen molar-refractivity contribution in [3.63, 3.8) is 0 Å². The molecule has 3 atom stereocenters. The Hall–Kier alpha value is -4.10. The molecule has 6 nitrogen and oxygen atoms in total. The highest BCUT2D eigenvalue weighted by Crippen LogP contribution is 2.42. The first-order valence-corrected chi connectivity index (χ1v) is 13.4. The summed E-state index contributed by atoms with van der Waals surface area (Å²) in [5, 5.41) is 4.31. The molecule has 3 aromatic carbocycles. The van der Waals surface area contributed by atoms with Gasteiger partial charge in [0.15, 0.2) is 12.1 Å². The van der Waals surface area contributed by atoms with Gasteiger partial charge in [0.1, 0.15) is 11.4 Å². The second kappa shape index (κ2) is 11.1. The number of benzene rings is 3. The maximum atomic E-state index is 13.8. The first-order chi connectivity index (χ1) is 18.4. The Kier molecular flexibility index (Phi) is 7.47. The summed E-state index contributed by atoms with van der Waals surface area (Å²) in [5.41, 5.74) is 3.84. The first kappa shape index (κ1) is 25.5. The predicted octanol–water partition coefficient (Wildman–Crippen LogP) is 4.79. The summed E-state index contributed by atoms with van der Waals surface area (Å²) in [4.78, 5) is 41.3. The van der Waals surface area contributed by atoms with Crippen molar-refractivity contribution in [1.82, 2.24) is 10.2 Å². The van der Waals surface area contributed by atoms with Gasteiger partial charge in [0, 0.05) is 0 Å². The van der Waals surface area contributed by atoms with Crippen LogP contribution in [0.5, 0.6) is 0 Å². The summed E-state index contributed by atoms with van der Waals surface area (Å²) in [6.45, 7) is 5.84. The number of nitrogens with one attached hydrogen (secondary N) is 1. The lowest BCUT2D eigenvalue weighted by Gasteiger charge is -2.52. The molecule has 0 aromatic heterocycles. The highest BCUT2D eigenvalue weighted by molar-refractivity contribution is 8.03. The minimum atomic E-state index is -0.941. The molecule has 0 spiro atoms. The molecule has 7 heteroatoms. The standard InChI is InChI=1S/C31H28N2O4S/c1-20(2)24-19-38-30-26(32-25(34)18-21-12-6-3-7-13-21)29(35)33(30)27(24)31(36)37-28(22-14-8-4-9-15-22)23-16-10-5-11-17-23/h3-17,19,26-28,30H,1,18H2,2H3,(H,32,34)/t26-,27?,30-/m1/s1. The van der Waals surface area contributed by atoms with Crippen LogP contribution in [0, 0.1) is 0 Å². The molecule has 0 saturated carbocycles. The molecule has 0 radical (unpaired) electrons. The van der Waals surface area contributed by atoms with E-state index in [2.05, 4.69) is 11.9 Å². The predicted molar refractivity (Wildman–Crippen MR) is 148 cm³/mol. The second-order valence-corrected chi connectivity index (χ2v) is 10.4. The van der Waals surface area contributed by atoms with Crippen molar-refractivity contribution < 1.29 is 19.1 Å². The van der Waals surface area contributed by atoms with Crippen molar-refractivity contribution in [2.45, 2.75) is 36.9 Å². The van der Waals surface area contributed by atoms with Gasteiger partial charge in [0.05, 0.1) is 6.42 Å². The van der Waals surface area contributed by atoms with Crippen molar-refractivity contribution in [2.24, 2.45) is 0 Å². The monoisotopic (exact) mass is 524 g/mol. The van der Waals surface area contributed by atoms with E-state index in [9.17, 15) is 14.4 Å². The molecule has 1 saturated heterocycles. The number of nitrogens with zero attached hydrogens (tertiary/aromatic N) is 1. The van der Waals surface area contributed by atoms with Crippen molar-refractivity contribution in [2.75, 3.05) is 0 Å². The average molecular weight is 525 g/mol. The molecule has 0 bridgehead atoms. The molecule has 5 rings (SSSR count). The number of carbonyl (C=O) groups is 3. The number of hydrogen-bond acceptors (Lipinski definition) is 5. The summed E-state index contributed by atoms with van der Waals surface area (Å²) in [6, 6.07) is 26.7. The molecule has 2 aliphatic rings. The van der Waals surface area contributed by atoms with Gasteiger partial charge in [0.25, 0.3) is 0 Å². The molecule has 1 fully saturated rings. The number of rotatable bonds is 8. The molecule has 1 unspecified atom stereocenters. The van der Waals surface area contributed by atoms with E-state index in [4.69, 9.17) is 4.74 Å². The fraction of sp³-hybridized carbons (Fsp3) is 0.194. The Morgan fingerprint density at radius 1 is 0.947 bits per heavy atom. The van der Waals surface area contributed by atoms with Crippen molar-refractivity contribution >= 4 is 29.5 Å². The van der Waals surface area contributed by atoms with Crippen molar-refractivity contribution in [3.8, 4) is 0 Å². The second-order valence-electron chi connectivity index (χ2n) is 9.37. The Morgan fingerprint density at radius 2 is 1.50 bits per heavy atom. The summed E-state index contributed by atoms with van der Waals surface area (Å²) in [7, 11) is 0. The summed E-state index contributed by atoms with van der Waals surface area (Å²) >= 11 is 1.40. The fourth-order valence-corrected chi connectivity index (χ4v) is 6.05. The Balaban J connectivity index is 1.37. The van der Waals surface area contributed by atoms with E-state index in [-0.39, 0.29) is 18.2 Å². The maximum Gasteiger partial charge on any atom is 0.334 e. The summed E-state index contributed by atoms with van der Waals surface area (Å²) < 4.78 is 6.13. The van der Waals surface area contributed by atoms with Crippen LogP contribution in [0.2, 0.25) is 0 Å². The van der Waals surface area contributed by atoms with E-state index >= 15 is 0 Å². The third kappa shape index (κ3) is 5.15. The van der Waals surface area contributed by atoms with Gasteiger partial charge < -0.3 is 15.0 Å². The number of esters is 1. The van der Waals surface area contributed by atoms with Crippen LogP contribution in [0.4, 0.5) is 0 Å². The molecule has 2 heterocycles. The number of β-lactam (4-membered cyclic amide) rings is 1. The highest BCUT2D eigenvalue weighted by Gasteiger charge is 2.56. The van der Waals surface area contributed by atoms with Crippen molar-refractivity contribution in [3.05, 3.63) is 131 Å². The third-order valence-corrected chi connectivity index (χ3v) is 7.83. The molecular formula is C31H28N2O4S. The van der Waals surface area contributed by atoms with E-state index in [1.165, 1.54) is 16.7 Å². The van der Waals surface area contributed by atoms with Crippen LogP contribution in [0.3, 0.4) is 0 Å². The Labute approximate surface area is 226 Å². The molecule has 0 aliphatic carbocycles. The normalized spacial score (nSPS) is 20.2. The van der Waals surface area contributed by atoms with Gasteiger partial charge in [-0.1, -0.05) is 103 Å². The Bertz CT molecular complexity index is 1340. The molecule has 1 N–H and O–H groups in total. The van der Waals surface area contributed by atoms with Crippen LogP contribution < -0.4 is 5.32 Å². The average Bonchev–Trinajstić information content (AvgIpc) is 2.95. The van der Waals surface area contributed by atoms with E-state index in [1.807, 2.05) is 103 Å². The zero-order chi connectivity index (χ0) is 26.6. The molecule has 38 heavy (non-hydrogen) atoms. The number of fused-ring (bicyclic) bond motifs is 1. The van der Waals surface area contributed by atoms with Crippen LogP contribution in [0.15, 0.2) is 114 Å². The lowest BCUT2D eigenvalue weighted by atomic mass is 9.94. The van der Waals surface area contributed by atoms with Crippen LogP contribution in [0.1, 0.15) is 29.7 Å². The molecule has 2 aliphatic heterocycles. The van der Waals surface area contributed by atoms with Gasteiger partial charge in [-0.2, -0.15) is 0 Å².